The minimum atomic E-state index is -0.307. The van der Waals surface area contributed by atoms with Crippen molar-refractivity contribution in [3.05, 3.63) is 0 Å². The summed E-state index contributed by atoms with van der Waals surface area (Å²) >= 11 is 0. The highest BCUT2D eigenvalue weighted by atomic mass is 16.2. The number of nitrogens with two attached hydrogens (primary N) is 1. The van der Waals surface area contributed by atoms with Crippen LogP contribution in [0.3, 0.4) is 0 Å². The Kier molecular flexibility index (Phi) is 8.38. The number of amides is 1. The van der Waals surface area contributed by atoms with Crippen molar-refractivity contribution in [2.45, 2.75) is 58.9 Å². The first-order valence-corrected chi connectivity index (χ1v) is 6.21. The lowest BCUT2D eigenvalue weighted by atomic mass is 10.2. The zero-order chi connectivity index (χ0) is 11.7. The smallest absolute Gasteiger partial charge is 0.239 e. The third-order valence-corrected chi connectivity index (χ3v) is 2.63. The largest absolute Gasteiger partial charge is 0.341 e. The summed E-state index contributed by atoms with van der Waals surface area (Å²) in [5.74, 6) is 0.124. The number of carbonyl (C=O) groups is 1. The van der Waals surface area contributed by atoms with Crippen LogP contribution in [0.5, 0.6) is 0 Å². The average Bonchev–Trinajstić information content (AvgIpc) is 2.27. The van der Waals surface area contributed by atoms with Crippen molar-refractivity contribution in [3.63, 3.8) is 0 Å². The molecule has 90 valence electrons. The summed E-state index contributed by atoms with van der Waals surface area (Å²) in [5.41, 5.74) is 5.77. The monoisotopic (exact) mass is 214 g/mol. The van der Waals surface area contributed by atoms with E-state index >= 15 is 0 Å². The van der Waals surface area contributed by atoms with E-state index in [4.69, 9.17) is 5.73 Å². The summed E-state index contributed by atoms with van der Waals surface area (Å²) < 4.78 is 0. The minimum Gasteiger partial charge on any atom is -0.341 e. The van der Waals surface area contributed by atoms with E-state index in [9.17, 15) is 4.79 Å². The van der Waals surface area contributed by atoms with Gasteiger partial charge in [0.15, 0.2) is 0 Å². The van der Waals surface area contributed by atoms with E-state index in [1.165, 1.54) is 0 Å². The number of nitrogens with zero attached hydrogens (tertiary/aromatic N) is 1. The molecule has 0 rings (SSSR count). The van der Waals surface area contributed by atoms with Crippen LogP contribution in [-0.4, -0.2) is 29.9 Å². The Bertz CT molecular complexity index is 163. The second kappa shape index (κ2) is 8.72. The molecule has 0 saturated carbocycles. The molecule has 0 fully saturated rings. The molecule has 0 spiro atoms. The van der Waals surface area contributed by atoms with Crippen molar-refractivity contribution in [3.8, 4) is 0 Å². The summed E-state index contributed by atoms with van der Waals surface area (Å²) in [6, 6.07) is -0.307. The first kappa shape index (κ1) is 14.4. The van der Waals surface area contributed by atoms with E-state index < -0.39 is 0 Å². The van der Waals surface area contributed by atoms with Gasteiger partial charge in [-0.1, -0.05) is 33.6 Å². The van der Waals surface area contributed by atoms with Crippen LogP contribution in [0.4, 0.5) is 0 Å². The lowest BCUT2D eigenvalue weighted by Gasteiger charge is -2.25. The van der Waals surface area contributed by atoms with Gasteiger partial charge in [-0.25, -0.2) is 0 Å². The summed E-state index contributed by atoms with van der Waals surface area (Å²) in [7, 11) is 0. The van der Waals surface area contributed by atoms with Gasteiger partial charge in [0.05, 0.1) is 6.04 Å². The summed E-state index contributed by atoms with van der Waals surface area (Å²) in [6.07, 6.45) is 5.12. The van der Waals surface area contributed by atoms with Gasteiger partial charge in [-0.15, -0.1) is 0 Å². The standard InChI is InChI=1S/C12H26N2O/c1-4-7-9-14(10-8-5-2)12(15)11(13)6-3/h11H,4-10,13H2,1-3H3/t11-/m1/s1. The molecule has 0 saturated heterocycles. The van der Waals surface area contributed by atoms with Crippen LogP contribution in [-0.2, 0) is 4.79 Å². The molecule has 0 aromatic heterocycles. The van der Waals surface area contributed by atoms with Gasteiger partial charge < -0.3 is 10.6 Å². The van der Waals surface area contributed by atoms with Crippen LogP contribution in [0.2, 0.25) is 0 Å². The maximum Gasteiger partial charge on any atom is 0.239 e. The number of hydrogen-bond acceptors (Lipinski definition) is 2. The zero-order valence-electron chi connectivity index (χ0n) is 10.5. The molecule has 1 amide bonds. The number of unbranched alkanes of at least 4 members (excludes halogenated alkanes) is 2. The fourth-order valence-corrected chi connectivity index (χ4v) is 1.44. The normalized spacial score (nSPS) is 12.5. The van der Waals surface area contributed by atoms with Gasteiger partial charge >= 0.3 is 0 Å². The van der Waals surface area contributed by atoms with Crippen LogP contribution < -0.4 is 5.73 Å². The Morgan fingerprint density at radius 1 is 1.13 bits per heavy atom. The molecule has 15 heavy (non-hydrogen) atoms. The second-order valence-electron chi connectivity index (χ2n) is 4.05. The molecule has 0 aromatic carbocycles. The Balaban J connectivity index is 4.13. The van der Waals surface area contributed by atoms with E-state index in [0.29, 0.717) is 0 Å². The fourth-order valence-electron chi connectivity index (χ4n) is 1.44. The first-order valence-electron chi connectivity index (χ1n) is 6.21. The highest BCUT2D eigenvalue weighted by Gasteiger charge is 2.18. The molecular formula is C12H26N2O. The SMILES string of the molecule is CCCCN(CCCC)C(=O)[C@H](N)CC. The molecule has 2 N–H and O–H groups in total. The molecular weight excluding hydrogens is 188 g/mol. The molecule has 0 radical (unpaired) electrons. The molecule has 0 unspecified atom stereocenters. The van der Waals surface area contributed by atoms with Crippen LogP contribution in [0.15, 0.2) is 0 Å². The summed E-state index contributed by atoms with van der Waals surface area (Å²) in [4.78, 5) is 13.8. The zero-order valence-corrected chi connectivity index (χ0v) is 10.5. The van der Waals surface area contributed by atoms with Crippen molar-refractivity contribution < 1.29 is 4.79 Å². The Morgan fingerprint density at radius 2 is 1.60 bits per heavy atom. The van der Waals surface area contributed by atoms with Gasteiger partial charge in [0.25, 0.3) is 0 Å². The summed E-state index contributed by atoms with van der Waals surface area (Å²) in [5, 5.41) is 0. The average molecular weight is 214 g/mol. The first-order chi connectivity index (χ1) is 7.17. The van der Waals surface area contributed by atoms with E-state index in [2.05, 4.69) is 13.8 Å². The van der Waals surface area contributed by atoms with Gasteiger partial charge in [0.1, 0.15) is 0 Å². The van der Waals surface area contributed by atoms with Gasteiger partial charge in [-0.05, 0) is 19.3 Å². The highest BCUT2D eigenvalue weighted by Crippen LogP contribution is 2.03. The van der Waals surface area contributed by atoms with E-state index in [-0.39, 0.29) is 11.9 Å². The predicted molar refractivity (Wildman–Crippen MR) is 64.7 cm³/mol. The van der Waals surface area contributed by atoms with Crippen LogP contribution in [0, 0.1) is 0 Å². The van der Waals surface area contributed by atoms with Crippen molar-refractivity contribution in [2.24, 2.45) is 5.73 Å². The Hall–Kier alpha value is -0.570. The molecule has 3 heteroatoms. The van der Waals surface area contributed by atoms with Crippen LogP contribution in [0.25, 0.3) is 0 Å². The molecule has 3 nitrogen and oxygen atoms in total. The Labute approximate surface area is 94.0 Å². The molecule has 0 aliphatic heterocycles. The summed E-state index contributed by atoms with van der Waals surface area (Å²) in [6.45, 7) is 7.97. The number of rotatable bonds is 8. The van der Waals surface area contributed by atoms with E-state index in [1.54, 1.807) is 0 Å². The van der Waals surface area contributed by atoms with Crippen molar-refractivity contribution in [1.29, 1.82) is 0 Å². The van der Waals surface area contributed by atoms with Crippen molar-refractivity contribution in [1.82, 2.24) is 4.90 Å². The van der Waals surface area contributed by atoms with Crippen molar-refractivity contribution in [2.75, 3.05) is 13.1 Å². The van der Waals surface area contributed by atoms with Gasteiger partial charge in [0, 0.05) is 13.1 Å². The third kappa shape index (κ3) is 5.78. The maximum atomic E-state index is 11.9. The highest BCUT2D eigenvalue weighted by molar-refractivity contribution is 5.81. The van der Waals surface area contributed by atoms with Crippen LogP contribution in [0.1, 0.15) is 52.9 Å². The van der Waals surface area contributed by atoms with Gasteiger partial charge in [-0.2, -0.15) is 0 Å². The lowest BCUT2D eigenvalue weighted by molar-refractivity contribution is -0.132. The van der Waals surface area contributed by atoms with Gasteiger partial charge in [0.2, 0.25) is 5.91 Å². The fraction of sp³-hybridized carbons (Fsp3) is 0.917. The molecule has 0 aliphatic rings. The number of hydrogen-bond donors (Lipinski definition) is 1. The maximum absolute atomic E-state index is 11.9. The topological polar surface area (TPSA) is 46.3 Å². The number of carbonyl (C=O) groups excluding carboxylic acids is 1. The third-order valence-electron chi connectivity index (χ3n) is 2.63. The molecule has 0 bridgehead atoms. The van der Waals surface area contributed by atoms with E-state index in [0.717, 1.165) is 45.2 Å². The van der Waals surface area contributed by atoms with Crippen molar-refractivity contribution >= 4 is 5.91 Å². The van der Waals surface area contributed by atoms with E-state index in [1.807, 2.05) is 11.8 Å². The quantitative estimate of drug-likeness (QED) is 0.673. The Morgan fingerprint density at radius 3 is 1.93 bits per heavy atom. The molecule has 0 heterocycles. The van der Waals surface area contributed by atoms with Gasteiger partial charge in [-0.3, -0.25) is 4.79 Å². The van der Waals surface area contributed by atoms with Crippen LogP contribution >= 0.6 is 0 Å². The molecule has 0 aliphatic carbocycles. The lowest BCUT2D eigenvalue weighted by Crippen LogP contribution is -2.44. The molecule has 0 aromatic rings. The predicted octanol–water partition coefficient (Wildman–Crippen LogP) is 2.15. The molecule has 1 atom stereocenters. The second-order valence-corrected chi connectivity index (χ2v) is 4.05. The minimum absolute atomic E-state index is 0.124.